The number of hydrogen-bond acceptors (Lipinski definition) is 4. The highest BCUT2D eigenvalue weighted by molar-refractivity contribution is 7.89. The van der Waals surface area contributed by atoms with E-state index in [2.05, 4.69) is 4.72 Å². The number of ether oxygens (including phenoxy) is 1. The summed E-state index contributed by atoms with van der Waals surface area (Å²) < 4.78 is 31.5. The highest BCUT2D eigenvalue weighted by Crippen LogP contribution is 2.13. The zero-order valence-electron chi connectivity index (χ0n) is 12.2. The Bertz CT molecular complexity index is 553. The summed E-state index contributed by atoms with van der Waals surface area (Å²) >= 11 is 0. The molecule has 6 nitrogen and oxygen atoms in total. The maximum atomic E-state index is 12.1. The fourth-order valence-corrected chi connectivity index (χ4v) is 3.06. The normalized spacial score (nSPS) is 13.0. The van der Waals surface area contributed by atoms with Gasteiger partial charge in [0.05, 0.1) is 11.5 Å². The van der Waals surface area contributed by atoms with E-state index in [-0.39, 0.29) is 11.3 Å². The van der Waals surface area contributed by atoms with Crippen LogP contribution in [0.4, 0.5) is 0 Å². The van der Waals surface area contributed by atoms with Gasteiger partial charge in [0, 0.05) is 7.11 Å². The largest absolute Gasteiger partial charge is 0.480 e. The van der Waals surface area contributed by atoms with Crippen LogP contribution in [0.5, 0.6) is 0 Å². The van der Waals surface area contributed by atoms with Crippen molar-refractivity contribution >= 4 is 16.0 Å². The first-order chi connectivity index (χ1) is 9.90. The Morgan fingerprint density at radius 3 is 2.43 bits per heavy atom. The van der Waals surface area contributed by atoms with Crippen molar-refractivity contribution < 1.29 is 23.1 Å². The minimum atomic E-state index is -3.83. The maximum absolute atomic E-state index is 12.1. The monoisotopic (exact) mass is 315 g/mol. The molecule has 2 N–H and O–H groups in total. The summed E-state index contributed by atoms with van der Waals surface area (Å²) in [6, 6.07) is 5.23. The van der Waals surface area contributed by atoms with Crippen LogP contribution in [0.1, 0.15) is 25.3 Å². The van der Waals surface area contributed by atoms with Crippen LogP contribution in [-0.2, 0) is 26.0 Å². The summed E-state index contributed by atoms with van der Waals surface area (Å²) in [7, 11) is -2.23. The molecule has 21 heavy (non-hydrogen) atoms. The van der Waals surface area contributed by atoms with E-state index in [0.717, 1.165) is 5.56 Å². The summed E-state index contributed by atoms with van der Waals surface area (Å²) in [6.07, 6.45) is 1.52. The van der Waals surface area contributed by atoms with Gasteiger partial charge in [-0.25, -0.2) is 8.42 Å². The van der Waals surface area contributed by atoms with Crippen molar-refractivity contribution in [3.05, 3.63) is 29.8 Å². The molecular weight excluding hydrogens is 294 g/mol. The molecule has 0 aliphatic rings. The van der Waals surface area contributed by atoms with Crippen molar-refractivity contribution in [3.63, 3.8) is 0 Å². The molecule has 1 rings (SSSR count). The van der Waals surface area contributed by atoms with Crippen molar-refractivity contribution in [2.24, 2.45) is 0 Å². The number of carboxylic acids is 1. The van der Waals surface area contributed by atoms with Crippen LogP contribution in [0.3, 0.4) is 0 Å². The standard InChI is InChI=1S/C14H21NO5S/c1-3-4-13(14(16)17)15-21(18,19)12-7-5-11(6-8-12)9-10-20-2/h5-8,13,15H,3-4,9-10H2,1-2H3,(H,16,17). The third kappa shape index (κ3) is 5.45. The van der Waals surface area contributed by atoms with Gasteiger partial charge < -0.3 is 9.84 Å². The first kappa shape index (κ1) is 17.6. The molecule has 0 aliphatic heterocycles. The van der Waals surface area contributed by atoms with Crippen molar-refractivity contribution in [3.8, 4) is 0 Å². The second kappa shape index (κ2) is 8.11. The summed E-state index contributed by atoms with van der Waals surface area (Å²) in [4.78, 5) is 11.1. The Morgan fingerprint density at radius 1 is 1.33 bits per heavy atom. The first-order valence-electron chi connectivity index (χ1n) is 6.73. The lowest BCUT2D eigenvalue weighted by Crippen LogP contribution is -2.40. The van der Waals surface area contributed by atoms with Crippen molar-refractivity contribution in [2.45, 2.75) is 37.1 Å². The van der Waals surface area contributed by atoms with E-state index in [0.29, 0.717) is 19.4 Å². The van der Waals surface area contributed by atoms with Crippen LogP contribution in [0.25, 0.3) is 0 Å². The Kier molecular flexibility index (Phi) is 6.80. The topological polar surface area (TPSA) is 92.7 Å². The van der Waals surface area contributed by atoms with E-state index in [1.165, 1.54) is 12.1 Å². The van der Waals surface area contributed by atoms with Gasteiger partial charge in [0.15, 0.2) is 0 Å². The van der Waals surface area contributed by atoms with Gasteiger partial charge in [0.25, 0.3) is 0 Å². The predicted molar refractivity (Wildman–Crippen MR) is 78.7 cm³/mol. The van der Waals surface area contributed by atoms with Gasteiger partial charge in [-0.15, -0.1) is 0 Å². The number of hydrogen-bond donors (Lipinski definition) is 2. The SMILES string of the molecule is CCCC(NS(=O)(=O)c1ccc(CCOC)cc1)C(=O)O. The van der Waals surface area contributed by atoms with Gasteiger partial charge in [-0.2, -0.15) is 4.72 Å². The van der Waals surface area contributed by atoms with Crippen molar-refractivity contribution in [1.82, 2.24) is 4.72 Å². The Labute approximate surface area is 125 Å². The second-order valence-corrected chi connectivity index (χ2v) is 6.40. The molecule has 1 aromatic carbocycles. The van der Waals surface area contributed by atoms with Gasteiger partial charge in [0.1, 0.15) is 6.04 Å². The summed E-state index contributed by atoms with van der Waals surface area (Å²) in [5.74, 6) is -1.17. The van der Waals surface area contributed by atoms with Gasteiger partial charge in [0.2, 0.25) is 10.0 Å². The lowest BCUT2D eigenvalue weighted by molar-refractivity contribution is -0.139. The number of benzene rings is 1. The lowest BCUT2D eigenvalue weighted by atomic mass is 10.2. The molecule has 0 fully saturated rings. The van der Waals surface area contributed by atoms with Crippen LogP contribution in [0.15, 0.2) is 29.2 Å². The quantitative estimate of drug-likeness (QED) is 0.718. The highest BCUT2D eigenvalue weighted by atomic mass is 32.2. The van der Waals surface area contributed by atoms with E-state index in [1.54, 1.807) is 26.2 Å². The van der Waals surface area contributed by atoms with E-state index in [4.69, 9.17) is 9.84 Å². The molecule has 1 unspecified atom stereocenters. The second-order valence-electron chi connectivity index (χ2n) is 4.69. The van der Waals surface area contributed by atoms with E-state index < -0.39 is 22.0 Å². The smallest absolute Gasteiger partial charge is 0.321 e. The molecule has 0 amide bonds. The zero-order chi connectivity index (χ0) is 15.9. The zero-order valence-corrected chi connectivity index (χ0v) is 13.0. The fraction of sp³-hybridized carbons (Fsp3) is 0.500. The molecular formula is C14H21NO5S. The summed E-state index contributed by atoms with van der Waals surface area (Å²) in [6.45, 7) is 2.36. The molecule has 118 valence electrons. The van der Waals surface area contributed by atoms with E-state index >= 15 is 0 Å². The summed E-state index contributed by atoms with van der Waals surface area (Å²) in [5.41, 5.74) is 0.958. The van der Waals surface area contributed by atoms with Crippen LogP contribution >= 0.6 is 0 Å². The summed E-state index contributed by atoms with van der Waals surface area (Å²) in [5, 5.41) is 9.01. The minimum absolute atomic E-state index is 0.0611. The number of carbonyl (C=O) groups is 1. The van der Waals surface area contributed by atoms with Gasteiger partial charge in [-0.05, 0) is 30.5 Å². The Hall–Kier alpha value is -1.44. The fourth-order valence-electron chi connectivity index (χ4n) is 1.83. The number of aliphatic carboxylic acids is 1. The Balaban J connectivity index is 2.84. The average molecular weight is 315 g/mol. The molecule has 0 saturated carbocycles. The first-order valence-corrected chi connectivity index (χ1v) is 8.22. The van der Waals surface area contributed by atoms with Crippen LogP contribution in [0, 0.1) is 0 Å². The number of methoxy groups -OCH3 is 1. The Morgan fingerprint density at radius 2 is 1.95 bits per heavy atom. The van der Waals surface area contributed by atoms with E-state index in [9.17, 15) is 13.2 Å². The van der Waals surface area contributed by atoms with Gasteiger partial charge >= 0.3 is 5.97 Å². The van der Waals surface area contributed by atoms with Crippen molar-refractivity contribution in [2.75, 3.05) is 13.7 Å². The molecule has 0 heterocycles. The molecule has 0 bridgehead atoms. The third-order valence-electron chi connectivity index (χ3n) is 3.00. The molecule has 0 aliphatic carbocycles. The maximum Gasteiger partial charge on any atom is 0.321 e. The van der Waals surface area contributed by atoms with Crippen LogP contribution in [0.2, 0.25) is 0 Å². The van der Waals surface area contributed by atoms with Crippen molar-refractivity contribution in [1.29, 1.82) is 0 Å². The van der Waals surface area contributed by atoms with Crippen LogP contribution in [-0.4, -0.2) is 39.3 Å². The minimum Gasteiger partial charge on any atom is -0.480 e. The molecule has 0 radical (unpaired) electrons. The number of carboxylic acid groups (broad SMARTS) is 1. The molecule has 1 aromatic rings. The van der Waals surface area contributed by atoms with Crippen LogP contribution < -0.4 is 4.72 Å². The molecule has 0 saturated heterocycles. The molecule has 1 atom stereocenters. The number of sulfonamides is 1. The third-order valence-corrected chi connectivity index (χ3v) is 4.49. The average Bonchev–Trinajstić information content (AvgIpc) is 2.45. The van der Waals surface area contributed by atoms with Gasteiger partial charge in [-0.1, -0.05) is 25.5 Å². The molecule has 7 heteroatoms. The van der Waals surface area contributed by atoms with E-state index in [1.807, 2.05) is 0 Å². The molecule has 0 aromatic heterocycles. The molecule has 0 spiro atoms. The number of nitrogens with one attached hydrogen (secondary N) is 1. The highest BCUT2D eigenvalue weighted by Gasteiger charge is 2.24. The number of rotatable bonds is 9. The van der Waals surface area contributed by atoms with Gasteiger partial charge in [-0.3, -0.25) is 4.79 Å². The predicted octanol–water partition coefficient (Wildman–Crippen LogP) is 1.41. The lowest BCUT2D eigenvalue weighted by Gasteiger charge is -2.14.